The number of alkyl halides is 2. The van der Waals surface area contributed by atoms with Gasteiger partial charge in [-0.3, -0.25) is 4.79 Å². The number of nitrogens with one attached hydrogen (secondary N) is 2. The van der Waals surface area contributed by atoms with Crippen LogP contribution in [0.2, 0.25) is 0 Å². The molecule has 0 fully saturated rings. The largest absolute Gasteiger partial charge is 0.435 e. The second-order valence-electron chi connectivity index (χ2n) is 5.85. The molecule has 2 rings (SSSR count). The predicted octanol–water partition coefficient (Wildman–Crippen LogP) is 3.52. The first-order valence-electron chi connectivity index (χ1n) is 8.33. The maximum Gasteiger partial charge on any atom is 0.387 e. The zero-order chi connectivity index (χ0) is 20.6. The number of carbonyl (C=O) groups excluding carboxylic acids is 1. The van der Waals surface area contributed by atoms with Gasteiger partial charge in [0.25, 0.3) is 0 Å². The van der Waals surface area contributed by atoms with Gasteiger partial charge in [0.05, 0.1) is 0 Å². The Morgan fingerprint density at radius 1 is 1.11 bits per heavy atom. The number of carbonyl (C=O) groups is 1. The molecule has 1 amide bonds. The number of benzene rings is 2. The number of aryl methyl sites for hydroxylation is 1. The summed E-state index contributed by atoms with van der Waals surface area (Å²) in [7, 11) is -3.67. The minimum absolute atomic E-state index is 0.0267. The van der Waals surface area contributed by atoms with Crippen LogP contribution in [0.4, 0.5) is 14.5 Å². The van der Waals surface area contributed by atoms with Gasteiger partial charge in [-0.25, -0.2) is 13.1 Å². The Kier molecular flexibility index (Phi) is 7.65. The van der Waals surface area contributed by atoms with Gasteiger partial charge >= 0.3 is 6.61 Å². The highest BCUT2D eigenvalue weighted by Crippen LogP contribution is 2.17. The number of hydrogen-bond donors (Lipinski definition) is 2. The van der Waals surface area contributed by atoms with Crippen molar-refractivity contribution in [3.05, 3.63) is 65.1 Å². The van der Waals surface area contributed by atoms with Crippen molar-refractivity contribution in [2.45, 2.75) is 20.0 Å². The van der Waals surface area contributed by atoms with Crippen molar-refractivity contribution in [2.24, 2.45) is 0 Å². The standard InChI is InChI=1S/C19H20F2N2O4S/c1-14-2-4-15(5-3-14)11-13-28(25,26)22-12-10-18(24)23-16-6-8-17(9-7-16)27-19(20)21/h2-9,11,13,19,22H,10,12H2,1H3,(H,23,24)/b13-11+. The first kappa shape index (κ1) is 21.5. The van der Waals surface area contributed by atoms with E-state index in [1.165, 1.54) is 30.3 Å². The van der Waals surface area contributed by atoms with E-state index in [0.717, 1.165) is 16.5 Å². The summed E-state index contributed by atoms with van der Waals surface area (Å²) in [5.41, 5.74) is 2.20. The molecule has 0 spiro atoms. The van der Waals surface area contributed by atoms with E-state index in [9.17, 15) is 22.0 Å². The minimum atomic E-state index is -3.67. The van der Waals surface area contributed by atoms with E-state index in [-0.39, 0.29) is 18.7 Å². The first-order chi connectivity index (χ1) is 13.2. The molecule has 28 heavy (non-hydrogen) atoms. The normalized spacial score (nSPS) is 11.7. The molecular weight excluding hydrogens is 390 g/mol. The van der Waals surface area contributed by atoms with E-state index in [4.69, 9.17) is 0 Å². The highest BCUT2D eigenvalue weighted by molar-refractivity contribution is 7.92. The summed E-state index contributed by atoms with van der Waals surface area (Å²) in [6, 6.07) is 12.7. The summed E-state index contributed by atoms with van der Waals surface area (Å²) >= 11 is 0. The fourth-order valence-corrected chi connectivity index (χ4v) is 2.96. The lowest BCUT2D eigenvalue weighted by Crippen LogP contribution is -2.26. The van der Waals surface area contributed by atoms with E-state index in [1.807, 2.05) is 19.1 Å². The van der Waals surface area contributed by atoms with Crippen molar-refractivity contribution >= 4 is 27.7 Å². The van der Waals surface area contributed by atoms with E-state index < -0.39 is 22.5 Å². The molecule has 9 heteroatoms. The fourth-order valence-electron chi connectivity index (χ4n) is 2.14. The Morgan fingerprint density at radius 2 is 1.75 bits per heavy atom. The monoisotopic (exact) mass is 410 g/mol. The van der Waals surface area contributed by atoms with Crippen LogP contribution in [0.3, 0.4) is 0 Å². The van der Waals surface area contributed by atoms with Crippen molar-refractivity contribution in [3.63, 3.8) is 0 Å². The van der Waals surface area contributed by atoms with Crippen LogP contribution in [0.25, 0.3) is 6.08 Å². The Bertz CT molecular complexity index is 912. The molecule has 0 aliphatic carbocycles. The Morgan fingerprint density at radius 3 is 2.36 bits per heavy atom. The zero-order valence-corrected chi connectivity index (χ0v) is 15.9. The van der Waals surface area contributed by atoms with Crippen LogP contribution < -0.4 is 14.8 Å². The molecule has 0 atom stereocenters. The predicted molar refractivity (Wildman–Crippen MR) is 103 cm³/mol. The third-order valence-electron chi connectivity index (χ3n) is 3.54. The van der Waals surface area contributed by atoms with Crippen LogP contribution in [0.5, 0.6) is 5.75 Å². The molecule has 0 heterocycles. The number of amides is 1. The second-order valence-corrected chi connectivity index (χ2v) is 7.50. The minimum Gasteiger partial charge on any atom is -0.435 e. The number of ether oxygens (including phenoxy) is 1. The van der Waals surface area contributed by atoms with Crippen LogP contribution in [0.15, 0.2) is 53.9 Å². The van der Waals surface area contributed by atoms with Crippen LogP contribution in [-0.4, -0.2) is 27.5 Å². The SMILES string of the molecule is Cc1ccc(/C=C/S(=O)(=O)NCCC(=O)Nc2ccc(OC(F)F)cc2)cc1. The molecule has 2 N–H and O–H groups in total. The zero-order valence-electron chi connectivity index (χ0n) is 15.1. The molecule has 6 nitrogen and oxygen atoms in total. The summed E-state index contributed by atoms with van der Waals surface area (Å²) in [5.74, 6) is -0.450. The first-order valence-corrected chi connectivity index (χ1v) is 9.87. The van der Waals surface area contributed by atoms with Gasteiger partial charge in [0.15, 0.2) is 0 Å². The number of sulfonamides is 1. The maximum atomic E-state index is 12.1. The van der Waals surface area contributed by atoms with Gasteiger partial charge in [0, 0.05) is 24.1 Å². The smallest absolute Gasteiger partial charge is 0.387 e. The van der Waals surface area contributed by atoms with Gasteiger partial charge in [0.2, 0.25) is 15.9 Å². The van der Waals surface area contributed by atoms with Crippen LogP contribution in [0.1, 0.15) is 17.5 Å². The quantitative estimate of drug-likeness (QED) is 0.663. The highest BCUT2D eigenvalue weighted by atomic mass is 32.2. The number of anilines is 1. The lowest BCUT2D eigenvalue weighted by molar-refractivity contribution is -0.116. The van der Waals surface area contributed by atoms with Gasteiger partial charge in [-0.2, -0.15) is 8.78 Å². The van der Waals surface area contributed by atoms with E-state index in [1.54, 1.807) is 12.1 Å². The molecule has 0 saturated carbocycles. The number of halogens is 2. The van der Waals surface area contributed by atoms with Crippen molar-refractivity contribution < 1.29 is 26.7 Å². The molecule has 0 aromatic heterocycles. The van der Waals surface area contributed by atoms with Crippen LogP contribution in [-0.2, 0) is 14.8 Å². The molecule has 2 aromatic rings. The van der Waals surface area contributed by atoms with Crippen LogP contribution in [0, 0.1) is 6.92 Å². The Hall–Kier alpha value is -2.78. The molecule has 0 bridgehead atoms. The summed E-state index contributed by atoms with van der Waals surface area (Å²) in [6.07, 6.45) is 1.37. The summed E-state index contributed by atoms with van der Waals surface area (Å²) in [4.78, 5) is 11.9. The van der Waals surface area contributed by atoms with E-state index in [0.29, 0.717) is 5.69 Å². The van der Waals surface area contributed by atoms with Gasteiger partial charge in [-0.15, -0.1) is 0 Å². The third kappa shape index (κ3) is 7.85. The molecule has 0 aliphatic heterocycles. The van der Waals surface area contributed by atoms with Crippen molar-refractivity contribution in [1.82, 2.24) is 4.72 Å². The van der Waals surface area contributed by atoms with Gasteiger partial charge in [-0.1, -0.05) is 29.8 Å². The highest BCUT2D eigenvalue weighted by Gasteiger charge is 2.08. The number of rotatable bonds is 9. The molecular formula is C19H20F2N2O4S. The summed E-state index contributed by atoms with van der Waals surface area (Å²) < 4.78 is 54.5. The van der Waals surface area contributed by atoms with E-state index >= 15 is 0 Å². The van der Waals surface area contributed by atoms with Crippen molar-refractivity contribution in [1.29, 1.82) is 0 Å². The molecule has 0 unspecified atom stereocenters. The molecule has 0 saturated heterocycles. The van der Waals surface area contributed by atoms with Gasteiger partial charge in [0.1, 0.15) is 5.75 Å². The molecule has 0 radical (unpaired) electrons. The van der Waals surface area contributed by atoms with Crippen LogP contribution >= 0.6 is 0 Å². The topological polar surface area (TPSA) is 84.5 Å². The summed E-state index contributed by atoms with van der Waals surface area (Å²) in [6.45, 7) is -1.07. The maximum absolute atomic E-state index is 12.1. The van der Waals surface area contributed by atoms with Crippen molar-refractivity contribution in [3.8, 4) is 5.75 Å². The van der Waals surface area contributed by atoms with Crippen molar-refractivity contribution in [2.75, 3.05) is 11.9 Å². The molecule has 150 valence electrons. The third-order valence-corrected chi connectivity index (χ3v) is 4.64. The Labute approximate surface area is 162 Å². The lowest BCUT2D eigenvalue weighted by atomic mass is 10.2. The van der Waals surface area contributed by atoms with Gasteiger partial charge < -0.3 is 10.1 Å². The number of hydrogen-bond acceptors (Lipinski definition) is 4. The lowest BCUT2D eigenvalue weighted by Gasteiger charge is -2.08. The fraction of sp³-hybridized carbons (Fsp3) is 0.211. The second kappa shape index (κ2) is 9.95. The Balaban J connectivity index is 1.78. The van der Waals surface area contributed by atoms with E-state index in [2.05, 4.69) is 14.8 Å². The molecule has 0 aliphatic rings. The summed E-state index contributed by atoms with van der Waals surface area (Å²) in [5, 5.41) is 3.58. The van der Waals surface area contributed by atoms with Gasteiger partial charge in [-0.05, 0) is 42.8 Å². The average Bonchev–Trinajstić information content (AvgIpc) is 2.62. The molecule has 2 aromatic carbocycles. The average molecular weight is 410 g/mol.